The zero-order valence-electron chi connectivity index (χ0n) is 6.02. The Labute approximate surface area is 68.7 Å². The highest BCUT2D eigenvalue weighted by molar-refractivity contribution is 5.49. The number of hydrogen-bond acceptors (Lipinski definition) is 4. The van der Waals surface area contributed by atoms with Crippen LogP contribution in [0.4, 0.5) is 0 Å². The Morgan fingerprint density at radius 2 is 1.75 bits per heavy atom. The van der Waals surface area contributed by atoms with Crippen LogP contribution in [0.25, 0.3) is 0 Å². The molecule has 0 saturated carbocycles. The number of rotatable bonds is 4. The number of ether oxygens (including phenoxy) is 2. The number of benzene rings is 1. The van der Waals surface area contributed by atoms with Crippen LogP contribution in [0.15, 0.2) is 24.3 Å². The lowest BCUT2D eigenvalue weighted by molar-refractivity contribution is -0.120. The molecule has 4 nitrogen and oxygen atoms in total. The Bertz CT molecular complexity index is 236. The van der Waals surface area contributed by atoms with Gasteiger partial charge in [0.1, 0.15) is 11.5 Å². The van der Waals surface area contributed by atoms with Crippen LogP contribution in [-0.4, -0.2) is 12.9 Å². The molecule has 0 heterocycles. The van der Waals surface area contributed by atoms with Crippen LogP contribution in [0.3, 0.4) is 0 Å². The summed E-state index contributed by atoms with van der Waals surface area (Å²) in [6, 6.07) is 5.98. The molecular weight excluding hydrogens is 160 g/mol. The molecule has 1 rings (SSSR count). The topological polar surface area (TPSA) is 52.6 Å². The minimum atomic E-state index is 0.321. The van der Waals surface area contributed by atoms with Gasteiger partial charge in [-0.2, -0.15) is 0 Å². The molecule has 1 aromatic carbocycles. The van der Waals surface area contributed by atoms with Gasteiger partial charge in [0.15, 0.2) is 0 Å². The summed E-state index contributed by atoms with van der Waals surface area (Å²) < 4.78 is 8.89. The molecular formula is C8H5O4. The van der Waals surface area contributed by atoms with Crippen LogP contribution < -0.4 is 9.47 Å². The smallest absolute Gasteiger partial charge is 0.423 e. The molecule has 0 fully saturated rings. The summed E-state index contributed by atoms with van der Waals surface area (Å²) in [6.07, 6.45) is 0. The highest BCUT2D eigenvalue weighted by Crippen LogP contribution is 2.16. The molecule has 0 atom stereocenters. The highest BCUT2D eigenvalue weighted by atomic mass is 16.5. The third-order valence-electron chi connectivity index (χ3n) is 1.17. The molecule has 61 valence electrons. The van der Waals surface area contributed by atoms with Crippen molar-refractivity contribution < 1.29 is 19.1 Å². The number of hydrogen-bond donors (Lipinski definition) is 0. The van der Waals surface area contributed by atoms with Crippen LogP contribution >= 0.6 is 0 Å². The first-order valence-electron chi connectivity index (χ1n) is 3.11. The summed E-state index contributed by atoms with van der Waals surface area (Å²) in [6.45, 7) is 1.60. The molecule has 0 aliphatic heterocycles. The van der Waals surface area contributed by atoms with Gasteiger partial charge in [-0.1, -0.05) is 0 Å². The average Bonchev–Trinajstić information content (AvgIpc) is 2.09. The van der Waals surface area contributed by atoms with E-state index in [1.54, 1.807) is 0 Å². The first-order chi connectivity index (χ1) is 5.86. The van der Waals surface area contributed by atoms with E-state index >= 15 is 0 Å². The zero-order valence-corrected chi connectivity index (χ0v) is 6.02. The van der Waals surface area contributed by atoms with Gasteiger partial charge in [-0.3, -0.25) is 4.79 Å². The fourth-order valence-corrected chi connectivity index (χ4v) is 0.690. The third kappa shape index (κ3) is 2.09. The average molecular weight is 165 g/mol. The second-order valence-electron chi connectivity index (χ2n) is 1.87. The lowest BCUT2D eigenvalue weighted by Crippen LogP contribution is -1.90. The largest absolute Gasteiger partial charge is 0.429 e. The van der Waals surface area contributed by atoms with Crippen molar-refractivity contribution in [3.8, 4) is 11.5 Å². The molecule has 0 aliphatic carbocycles. The van der Waals surface area contributed by atoms with Crippen molar-refractivity contribution in [1.82, 2.24) is 0 Å². The van der Waals surface area contributed by atoms with Crippen LogP contribution in [0.1, 0.15) is 0 Å². The van der Waals surface area contributed by atoms with Crippen LogP contribution in [0, 0.1) is 0 Å². The van der Waals surface area contributed by atoms with E-state index in [0.29, 0.717) is 18.0 Å². The SMILES string of the molecule is O=[C]Oc1ccc(OC=O)cc1. The lowest BCUT2D eigenvalue weighted by Gasteiger charge is -1.97. The predicted octanol–water partition coefficient (Wildman–Crippen LogP) is 0.668. The summed E-state index contributed by atoms with van der Waals surface area (Å²) in [5.74, 6) is 0.742. The Morgan fingerprint density at radius 1 is 1.17 bits per heavy atom. The Kier molecular flexibility index (Phi) is 2.84. The third-order valence-corrected chi connectivity index (χ3v) is 1.17. The maximum Gasteiger partial charge on any atom is 0.423 e. The van der Waals surface area contributed by atoms with Crippen molar-refractivity contribution in [3.05, 3.63) is 24.3 Å². The van der Waals surface area contributed by atoms with Gasteiger partial charge in [0.05, 0.1) is 0 Å². The van der Waals surface area contributed by atoms with Crippen LogP contribution in [0.2, 0.25) is 0 Å². The minimum Gasteiger partial charge on any atom is -0.429 e. The van der Waals surface area contributed by atoms with E-state index in [1.807, 2.05) is 0 Å². The molecule has 0 aromatic heterocycles. The van der Waals surface area contributed by atoms with Gasteiger partial charge in [0.2, 0.25) is 0 Å². The monoisotopic (exact) mass is 165 g/mol. The Morgan fingerprint density at radius 3 is 2.25 bits per heavy atom. The molecule has 1 aromatic rings. The second kappa shape index (κ2) is 4.12. The van der Waals surface area contributed by atoms with E-state index in [0.717, 1.165) is 0 Å². The summed E-state index contributed by atoms with van der Waals surface area (Å²) >= 11 is 0. The van der Waals surface area contributed by atoms with Gasteiger partial charge in [-0.25, -0.2) is 4.79 Å². The fourth-order valence-electron chi connectivity index (χ4n) is 0.690. The zero-order chi connectivity index (χ0) is 8.81. The normalized spacial score (nSPS) is 8.67. The predicted molar refractivity (Wildman–Crippen MR) is 39.5 cm³/mol. The molecule has 4 heteroatoms. The number of carbonyl (C=O) groups is 1. The lowest BCUT2D eigenvalue weighted by atomic mass is 10.3. The standard InChI is InChI=1S/C8H5O4/c9-5-11-7-1-2-8(4-3-7)12-6-10/h1-5H. The molecule has 0 N–H and O–H groups in total. The molecule has 0 unspecified atom stereocenters. The van der Waals surface area contributed by atoms with E-state index in [4.69, 9.17) is 0 Å². The Hall–Kier alpha value is -1.84. The first-order valence-corrected chi connectivity index (χ1v) is 3.11. The summed E-state index contributed by atoms with van der Waals surface area (Å²) in [5, 5.41) is 0. The molecule has 0 saturated heterocycles. The van der Waals surface area contributed by atoms with Crippen LogP contribution in [0.5, 0.6) is 11.5 Å². The maximum atomic E-state index is 9.87. The van der Waals surface area contributed by atoms with Gasteiger partial charge < -0.3 is 9.47 Å². The van der Waals surface area contributed by atoms with Crippen molar-refractivity contribution in [2.45, 2.75) is 0 Å². The molecule has 12 heavy (non-hydrogen) atoms. The van der Waals surface area contributed by atoms with Crippen molar-refractivity contribution in [2.24, 2.45) is 0 Å². The van der Waals surface area contributed by atoms with Gasteiger partial charge in [0.25, 0.3) is 6.47 Å². The van der Waals surface area contributed by atoms with E-state index in [1.165, 1.54) is 30.7 Å². The van der Waals surface area contributed by atoms with Crippen molar-refractivity contribution >= 4 is 12.9 Å². The number of carbonyl (C=O) groups excluding carboxylic acids is 2. The fraction of sp³-hybridized carbons (Fsp3) is 0. The molecule has 0 bridgehead atoms. The van der Waals surface area contributed by atoms with Crippen molar-refractivity contribution in [1.29, 1.82) is 0 Å². The second-order valence-corrected chi connectivity index (χ2v) is 1.87. The first kappa shape index (κ1) is 8.26. The highest BCUT2D eigenvalue weighted by Gasteiger charge is 1.94. The Balaban J connectivity index is 2.70. The quantitative estimate of drug-likeness (QED) is 0.615. The van der Waals surface area contributed by atoms with E-state index in [2.05, 4.69) is 9.47 Å². The summed E-state index contributed by atoms with van der Waals surface area (Å²) in [4.78, 5) is 19.6. The molecule has 0 aliphatic rings. The van der Waals surface area contributed by atoms with E-state index in [9.17, 15) is 9.59 Å². The molecule has 0 amide bonds. The van der Waals surface area contributed by atoms with Crippen molar-refractivity contribution in [3.63, 3.8) is 0 Å². The van der Waals surface area contributed by atoms with Gasteiger partial charge >= 0.3 is 6.47 Å². The van der Waals surface area contributed by atoms with Gasteiger partial charge in [-0.15, -0.1) is 0 Å². The molecule has 1 radical (unpaired) electrons. The van der Waals surface area contributed by atoms with Crippen molar-refractivity contribution in [2.75, 3.05) is 0 Å². The van der Waals surface area contributed by atoms with Gasteiger partial charge in [0, 0.05) is 0 Å². The molecule has 0 spiro atoms. The van der Waals surface area contributed by atoms with Gasteiger partial charge in [-0.05, 0) is 24.3 Å². The summed E-state index contributed by atoms with van der Waals surface area (Å²) in [5.41, 5.74) is 0. The van der Waals surface area contributed by atoms with E-state index < -0.39 is 0 Å². The minimum absolute atomic E-state index is 0.321. The maximum absolute atomic E-state index is 9.87. The van der Waals surface area contributed by atoms with Crippen LogP contribution in [-0.2, 0) is 9.59 Å². The summed E-state index contributed by atoms with van der Waals surface area (Å²) in [7, 11) is 0. The van der Waals surface area contributed by atoms with E-state index in [-0.39, 0.29) is 0 Å².